The molecule has 6 heteroatoms. The third kappa shape index (κ3) is 5.72. The van der Waals surface area contributed by atoms with Gasteiger partial charge >= 0.3 is 5.97 Å². The molecule has 0 saturated carbocycles. The molecule has 0 fully saturated rings. The molecule has 0 rings (SSSR count). The number of carbonyl (C=O) groups is 2. The van der Waals surface area contributed by atoms with Crippen LogP contribution in [0.2, 0.25) is 0 Å². The van der Waals surface area contributed by atoms with Crippen LogP contribution >= 0.6 is 0 Å². The van der Waals surface area contributed by atoms with Crippen molar-refractivity contribution in [2.45, 2.75) is 20.8 Å². The van der Waals surface area contributed by atoms with Crippen LogP contribution in [0.15, 0.2) is 6.08 Å². The number of carbonyl (C=O) groups excluding carboxylic acids is 3. The summed E-state index contributed by atoms with van der Waals surface area (Å²) in [7, 11) is 0. The van der Waals surface area contributed by atoms with Crippen LogP contribution in [-0.2, 0) is 24.0 Å². The monoisotopic (exact) mass is 257 g/mol. The van der Waals surface area contributed by atoms with Crippen LogP contribution < -0.4 is 0 Å². The van der Waals surface area contributed by atoms with Gasteiger partial charge in [0.05, 0.1) is 19.3 Å². The first-order chi connectivity index (χ1) is 8.60. The molecule has 0 aliphatic rings. The topological polar surface area (TPSA) is 72.9 Å². The van der Waals surface area contributed by atoms with E-state index in [1.165, 1.54) is 11.0 Å². The van der Waals surface area contributed by atoms with Crippen molar-refractivity contribution in [3.63, 3.8) is 0 Å². The van der Waals surface area contributed by atoms with E-state index in [2.05, 4.69) is 0 Å². The summed E-state index contributed by atoms with van der Waals surface area (Å²) in [6, 6.07) is 0. The summed E-state index contributed by atoms with van der Waals surface area (Å²) in [5, 5.41) is 1.48. The van der Waals surface area contributed by atoms with Gasteiger partial charge in [-0.2, -0.15) is 5.06 Å². The first-order valence-corrected chi connectivity index (χ1v) is 5.89. The van der Waals surface area contributed by atoms with Gasteiger partial charge in [-0.05, 0) is 13.8 Å². The van der Waals surface area contributed by atoms with Crippen molar-refractivity contribution >= 4 is 17.7 Å². The molecule has 0 aromatic heterocycles. The summed E-state index contributed by atoms with van der Waals surface area (Å²) in [5.41, 5.74) is 0. The minimum Gasteiger partial charge on any atom is -0.465 e. The summed E-state index contributed by atoms with van der Waals surface area (Å²) in [4.78, 5) is 38.7. The lowest BCUT2D eigenvalue weighted by atomic mass is 10.0. The number of ketones is 1. The zero-order valence-electron chi connectivity index (χ0n) is 11.0. The number of hydroxylamine groups is 2. The third-order valence-corrected chi connectivity index (χ3v) is 2.17. The van der Waals surface area contributed by atoms with Crippen LogP contribution in [0, 0.1) is 5.92 Å². The van der Waals surface area contributed by atoms with Crippen molar-refractivity contribution in [3.8, 4) is 0 Å². The Kier molecular flexibility index (Phi) is 8.74. The highest BCUT2D eigenvalue weighted by Crippen LogP contribution is 2.07. The molecule has 0 heterocycles. The molecule has 18 heavy (non-hydrogen) atoms. The van der Waals surface area contributed by atoms with Crippen LogP contribution in [0.1, 0.15) is 20.8 Å². The van der Waals surface area contributed by atoms with Crippen molar-refractivity contribution in [2.24, 2.45) is 5.92 Å². The van der Waals surface area contributed by atoms with E-state index in [0.717, 1.165) is 0 Å². The highest BCUT2D eigenvalue weighted by Gasteiger charge is 2.28. The standard InChI is InChI=1S/C12H19NO5/c1-4-13(18-6-3)9-10(11(15)7-8-14)12(16)17-5-2/h7,10H,4-6,9H2,1-3H3. The highest BCUT2D eigenvalue weighted by molar-refractivity contribution is 6.08. The molecule has 0 aromatic carbocycles. The Hall–Kier alpha value is -1.49. The van der Waals surface area contributed by atoms with Gasteiger partial charge in [-0.3, -0.25) is 14.4 Å². The summed E-state index contributed by atoms with van der Waals surface area (Å²) in [5.74, 6) is -0.965. The van der Waals surface area contributed by atoms with Gasteiger partial charge in [0.2, 0.25) is 0 Å². The van der Waals surface area contributed by atoms with Gasteiger partial charge < -0.3 is 4.74 Å². The van der Waals surface area contributed by atoms with Crippen molar-refractivity contribution in [1.29, 1.82) is 0 Å². The van der Waals surface area contributed by atoms with Crippen LogP contribution in [0.25, 0.3) is 0 Å². The molecule has 0 radical (unpaired) electrons. The lowest BCUT2D eigenvalue weighted by Crippen LogP contribution is -2.38. The molecule has 0 aliphatic carbocycles. The lowest BCUT2D eigenvalue weighted by Gasteiger charge is -2.22. The van der Waals surface area contributed by atoms with Gasteiger partial charge in [0.15, 0.2) is 5.78 Å². The van der Waals surface area contributed by atoms with Gasteiger partial charge in [-0.25, -0.2) is 4.79 Å². The zero-order valence-corrected chi connectivity index (χ0v) is 11.0. The van der Waals surface area contributed by atoms with E-state index in [-0.39, 0.29) is 13.2 Å². The molecule has 0 aliphatic heterocycles. The molecule has 6 nitrogen and oxygen atoms in total. The Morgan fingerprint density at radius 1 is 1.28 bits per heavy atom. The van der Waals surface area contributed by atoms with E-state index in [1.54, 1.807) is 13.8 Å². The molecule has 0 spiro atoms. The van der Waals surface area contributed by atoms with E-state index in [1.807, 2.05) is 6.92 Å². The van der Waals surface area contributed by atoms with Gasteiger partial charge in [-0.1, -0.05) is 6.92 Å². The fourth-order valence-corrected chi connectivity index (χ4v) is 1.34. The van der Waals surface area contributed by atoms with Crippen molar-refractivity contribution < 1.29 is 24.0 Å². The van der Waals surface area contributed by atoms with Crippen LogP contribution in [0.5, 0.6) is 0 Å². The minimum absolute atomic E-state index is 0.0557. The maximum atomic E-state index is 11.6. The number of hydrogen-bond acceptors (Lipinski definition) is 6. The summed E-state index contributed by atoms with van der Waals surface area (Å²) < 4.78 is 4.80. The van der Waals surface area contributed by atoms with E-state index >= 15 is 0 Å². The van der Waals surface area contributed by atoms with Gasteiger partial charge in [0, 0.05) is 13.1 Å². The first kappa shape index (κ1) is 16.5. The molecule has 102 valence electrons. The van der Waals surface area contributed by atoms with Crippen molar-refractivity contribution in [1.82, 2.24) is 5.06 Å². The van der Waals surface area contributed by atoms with E-state index in [9.17, 15) is 14.4 Å². The smallest absolute Gasteiger partial charge is 0.318 e. The molecule has 0 saturated heterocycles. The Morgan fingerprint density at radius 3 is 2.39 bits per heavy atom. The van der Waals surface area contributed by atoms with Crippen LogP contribution in [-0.4, -0.2) is 49.1 Å². The lowest BCUT2D eigenvalue weighted by molar-refractivity contribution is -0.174. The van der Waals surface area contributed by atoms with E-state index in [4.69, 9.17) is 9.57 Å². The number of hydrogen-bond donors (Lipinski definition) is 0. The van der Waals surface area contributed by atoms with E-state index < -0.39 is 17.7 Å². The number of esters is 1. The SMILES string of the molecule is CCOC(=O)C(CN(CC)OCC)C(=O)C=C=O. The number of nitrogens with zero attached hydrogens (tertiary/aromatic N) is 1. The quantitative estimate of drug-likeness (QED) is 0.196. The first-order valence-electron chi connectivity index (χ1n) is 5.89. The number of ether oxygens (including phenoxy) is 1. The second-order valence-corrected chi connectivity index (χ2v) is 3.37. The van der Waals surface area contributed by atoms with Crippen LogP contribution in [0.4, 0.5) is 0 Å². The average molecular weight is 257 g/mol. The Morgan fingerprint density at radius 2 is 1.94 bits per heavy atom. The molecule has 1 unspecified atom stereocenters. The van der Waals surface area contributed by atoms with Crippen molar-refractivity contribution in [3.05, 3.63) is 6.08 Å². The second-order valence-electron chi connectivity index (χ2n) is 3.37. The molecule has 0 N–H and O–H groups in total. The molecule has 0 aromatic rings. The Bertz CT molecular complexity index is 322. The fraction of sp³-hybridized carbons (Fsp3) is 0.667. The highest BCUT2D eigenvalue weighted by atomic mass is 16.7. The fourth-order valence-electron chi connectivity index (χ4n) is 1.34. The molecular formula is C12H19NO5. The van der Waals surface area contributed by atoms with Crippen molar-refractivity contribution in [2.75, 3.05) is 26.3 Å². The summed E-state index contributed by atoms with van der Waals surface area (Å²) in [6.45, 7) is 6.46. The molecule has 0 bridgehead atoms. The minimum atomic E-state index is -1.06. The van der Waals surface area contributed by atoms with Gasteiger partial charge in [0.25, 0.3) is 0 Å². The maximum absolute atomic E-state index is 11.6. The maximum Gasteiger partial charge on any atom is 0.318 e. The molecular weight excluding hydrogens is 238 g/mol. The summed E-state index contributed by atoms with van der Waals surface area (Å²) in [6.07, 6.45) is 0.710. The zero-order chi connectivity index (χ0) is 14.0. The second kappa shape index (κ2) is 9.53. The predicted molar refractivity (Wildman–Crippen MR) is 64.3 cm³/mol. The number of allylic oxidation sites excluding steroid dienone is 1. The third-order valence-electron chi connectivity index (χ3n) is 2.17. The van der Waals surface area contributed by atoms with Crippen LogP contribution in [0.3, 0.4) is 0 Å². The molecule has 1 atom stereocenters. The normalized spacial score (nSPS) is 11.8. The van der Waals surface area contributed by atoms with Gasteiger partial charge in [0.1, 0.15) is 11.9 Å². The Labute approximate surface area is 106 Å². The largest absolute Gasteiger partial charge is 0.465 e. The van der Waals surface area contributed by atoms with Gasteiger partial charge in [-0.15, -0.1) is 0 Å². The summed E-state index contributed by atoms with van der Waals surface area (Å²) >= 11 is 0. The predicted octanol–water partition coefficient (Wildman–Crippen LogP) is 0.396. The molecule has 0 amide bonds. The number of rotatable bonds is 9. The Balaban J connectivity index is 4.79. The average Bonchev–Trinajstić information content (AvgIpc) is 2.34. The van der Waals surface area contributed by atoms with E-state index in [0.29, 0.717) is 19.2 Å².